The van der Waals surface area contributed by atoms with Crippen LogP contribution in [0.2, 0.25) is 0 Å². The number of benzene rings is 3. The summed E-state index contributed by atoms with van der Waals surface area (Å²) in [6.45, 7) is 0. The molecule has 0 aliphatic rings. The summed E-state index contributed by atoms with van der Waals surface area (Å²) in [6, 6.07) is 26.7. The molecule has 36 heavy (non-hydrogen) atoms. The number of nitrogens with one attached hydrogen (secondary N) is 1. The van der Waals surface area contributed by atoms with Crippen LogP contribution in [0.3, 0.4) is 0 Å². The molecular formula is C28H19N3O3S2. The zero-order valence-corrected chi connectivity index (χ0v) is 20.5. The zero-order chi connectivity index (χ0) is 24.5. The predicted octanol–water partition coefficient (Wildman–Crippen LogP) is 6.59. The summed E-state index contributed by atoms with van der Waals surface area (Å²) >= 11 is 2.62. The van der Waals surface area contributed by atoms with Crippen LogP contribution < -0.4 is 10.9 Å². The number of para-hydroxylation sites is 1. The van der Waals surface area contributed by atoms with Crippen LogP contribution in [0, 0.1) is 0 Å². The Bertz CT molecular complexity index is 1750. The maximum Gasteiger partial charge on any atom is 0.268 e. The molecule has 8 heteroatoms. The lowest BCUT2D eigenvalue weighted by Crippen LogP contribution is -2.22. The van der Waals surface area contributed by atoms with Crippen LogP contribution in [-0.2, 0) is 4.79 Å². The number of rotatable bonds is 6. The van der Waals surface area contributed by atoms with E-state index in [1.165, 1.54) is 23.1 Å². The number of hydrogen-bond acceptors (Lipinski definition) is 6. The van der Waals surface area contributed by atoms with Crippen molar-refractivity contribution in [3.05, 3.63) is 107 Å². The van der Waals surface area contributed by atoms with Gasteiger partial charge in [-0.05, 0) is 35.7 Å². The molecule has 3 aromatic carbocycles. The fourth-order valence-corrected chi connectivity index (χ4v) is 5.92. The Balaban J connectivity index is 1.36. The van der Waals surface area contributed by atoms with Gasteiger partial charge in [-0.1, -0.05) is 66.4 Å². The summed E-state index contributed by atoms with van der Waals surface area (Å²) < 4.78 is 7.12. The first-order valence-corrected chi connectivity index (χ1v) is 13.1. The van der Waals surface area contributed by atoms with Crippen molar-refractivity contribution in [1.29, 1.82) is 0 Å². The van der Waals surface area contributed by atoms with E-state index >= 15 is 0 Å². The predicted molar refractivity (Wildman–Crippen MR) is 146 cm³/mol. The van der Waals surface area contributed by atoms with Gasteiger partial charge in [0.2, 0.25) is 5.91 Å². The van der Waals surface area contributed by atoms with E-state index in [-0.39, 0.29) is 17.2 Å². The first-order chi connectivity index (χ1) is 17.7. The van der Waals surface area contributed by atoms with Crippen LogP contribution >= 0.6 is 23.1 Å². The molecule has 0 radical (unpaired) electrons. The molecule has 176 valence electrons. The number of anilines is 1. The summed E-state index contributed by atoms with van der Waals surface area (Å²) in [7, 11) is 0. The van der Waals surface area contributed by atoms with Crippen molar-refractivity contribution in [1.82, 2.24) is 9.55 Å². The third-order valence-electron chi connectivity index (χ3n) is 5.77. The molecule has 6 rings (SSSR count). The quantitative estimate of drug-likeness (QED) is 0.202. The molecule has 3 aromatic heterocycles. The molecular weight excluding hydrogens is 490 g/mol. The standard InChI is InChI=1S/C28H19N3O3S2/c32-24(29-22-13-6-9-18-8-4-5-12-20(18)22)17-36-28-30-26-25(21(16-35-26)23-14-7-15-34-23)27(33)31(28)19-10-2-1-3-11-19/h1-16H,17H2,(H,29,32). The summed E-state index contributed by atoms with van der Waals surface area (Å²) in [5.74, 6) is 0.548. The monoisotopic (exact) mass is 509 g/mol. The van der Waals surface area contributed by atoms with Gasteiger partial charge in [0.25, 0.3) is 5.56 Å². The number of amides is 1. The minimum atomic E-state index is -0.198. The lowest BCUT2D eigenvalue weighted by Gasteiger charge is -2.13. The van der Waals surface area contributed by atoms with Crippen molar-refractivity contribution in [2.45, 2.75) is 5.16 Å². The fraction of sp³-hybridized carbons (Fsp3) is 0.0357. The second-order valence-electron chi connectivity index (χ2n) is 8.04. The van der Waals surface area contributed by atoms with Gasteiger partial charge < -0.3 is 9.73 Å². The SMILES string of the molecule is O=C(CSc1nc2scc(-c3ccco3)c2c(=O)n1-c1ccccc1)Nc1cccc2ccccc12. The van der Waals surface area contributed by atoms with E-state index in [4.69, 9.17) is 9.40 Å². The average molecular weight is 510 g/mol. The average Bonchev–Trinajstić information content (AvgIpc) is 3.59. The van der Waals surface area contributed by atoms with Crippen molar-refractivity contribution in [3.8, 4) is 17.0 Å². The van der Waals surface area contributed by atoms with Crippen LogP contribution in [0.5, 0.6) is 0 Å². The Morgan fingerprint density at radius 2 is 1.78 bits per heavy atom. The Morgan fingerprint density at radius 3 is 2.61 bits per heavy atom. The smallest absolute Gasteiger partial charge is 0.268 e. The Morgan fingerprint density at radius 1 is 0.972 bits per heavy atom. The van der Waals surface area contributed by atoms with Crippen LogP contribution in [0.25, 0.3) is 38.0 Å². The lowest BCUT2D eigenvalue weighted by molar-refractivity contribution is -0.113. The maximum atomic E-state index is 13.8. The molecule has 0 saturated carbocycles. The number of furan rings is 1. The van der Waals surface area contributed by atoms with Crippen molar-refractivity contribution >= 4 is 55.7 Å². The van der Waals surface area contributed by atoms with E-state index in [1.807, 2.05) is 84.2 Å². The van der Waals surface area contributed by atoms with Gasteiger partial charge in [-0.25, -0.2) is 4.98 Å². The second kappa shape index (κ2) is 9.49. The van der Waals surface area contributed by atoms with E-state index in [0.29, 0.717) is 32.4 Å². The normalized spacial score (nSPS) is 11.2. The van der Waals surface area contributed by atoms with Gasteiger partial charge in [-0.3, -0.25) is 14.2 Å². The van der Waals surface area contributed by atoms with Crippen LogP contribution in [-0.4, -0.2) is 21.2 Å². The van der Waals surface area contributed by atoms with Crippen LogP contribution in [0.4, 0.5) is 5.69 Å². The molecule has 0 fully saturated rings. The van der Waals surface area contributed by atoms with Gasteiger partial charge in [0.05, 0.1) is 23.1 Å². The van der Waals surface area contributed by atoms with Crippen molar-refractivity contribution in [2.75, 3.05) is 11.1 Å². The molecule has 0 bridgehead atoms. The summed E-state index contributed by atoms with van der Waals surface area (Å²) in [5, 5.41) is 7.88. The minimum absolute atomic E-state index is 0.102. The van der Waals surface area contributed by atoms with Crippen molar-refractivity contribution in [2.24, 2.45) is 0 Å². The van der Waals surface area contributed by atoms with E-state index in [1.54, 1.807) is 16.9 Å². The van der Waals surface area contributed by atoms with Crippen molar-refractivity contribution < 1.29 is 9.21 Å². The van der Waals surface area contributed by atoms with E-state index in [2.05, 4.69) is 5.32 Å². The number of thioether (sulfide) groups is 1. The lowest BCUT2D eigenvalue weighted by atomic mass is 10.1. The maximum absolute atomic E-state index is 13.8. The summed E-state index contributed by atoms with van der Waals surface area (Å²) in [5.41, 5.74) is 1.96. The number of carbonyl (C=O) groups is 1. The number of carbonyl (C=O) groups excluding carboxylic acids is 1. The molecule has 0 aliphatic heterocycles. The fourth-order valence-electron chi connectivity index (χ4n) is 4.14. The summed E-state index contributed by atoms with van der Waals surface area (Å²) in [6.07, 6.45) is 1.58. The number of nitrogens with zero attached hydrogens (tertiary/aromatic N) is 2. The summed E-state index contributed by atoms with van der Waals surface area (Å²) in [4.78, 5) is 32.1. The number of hydrogen-bond donors (Lipinski definition) is 1. The topological polar surface area (TPSA) is 77.1 Å². The molecule has 0 saturated heterocycles. The van der Waals surface area contributed by atoms with Gasteiger partial charge in [0, 0.05) is 22.0 Å². The molecule has 0 spiro atoms. The van der Waals surface area contributed by atoms with E-state index in [9.17, 15) is 9.59 Å². The molecule has 1 amide bonds. The van der Waals surface area contributed by atoms with Crippen molar-refractivity contribution in [3.63, 3.8) is 0 Å². The minimum Gasteiger partial charge on any atom is -0.464 e. The highest BCUT2D eigenvalue weighted by Crippen LogP contribution is 2.33. The first kappa shape index (κ1) is 22.3. The van der Waals surface area contributed by atoms with Gasteiger partial charge in [-0.15, -0.1) is 11.3 Å². The van der Waals surface area contributed by atoms with Gasteiger partial charge in [-0.2, -0.15) is 0 Å². The molecule has 6 aromatic rings. The largest absolute Gasteiger partial charge is 0.464 e. The first-order valence-electron chi connectivity index (χ1n) is 11.2. The highest BCUT2D eigenvalue weighted by atomic mass is 32.2. The third kappa shape index (κ3) is 4.10. The van der Waals surface area contributed by atoms with Crippen LogP contribution in [0.15, 0.2) is 111 Å². The van der Waals surface area contributed by atoms with Gasteiger partial charge >= 0.3 is 0 Å². The highest BCUT2D eigenvalue weighted by Gasteiger charge is 2.20. The molecule has 0 unspecified atom stereocenters. The van der Waals surface area contributed by atoms with Gasteiger partial charge in [0.15, 0.2) is 5.16 Å². The molecule has 3 heterocycles. The third-order valence-corrected chi connectivity index (χ3v) is 7.58. The number of fused-ring (bicyclic) bond motifs is 2. The molecule has 0 aliphatic carbocycles. The Hall–Kier alpha value is -4.14. The number of aromatic nitrogens is 2. The second-order valence-corrected chi connectivity index (χ2v) is 9.84. The molecule has 6 nitrogen and oxygen atoms in total. The highest BCUT2D eigenvalue weighted by molar-refractivity contribution is 7.99. The molecule has 1 N–H and O–H groups in total. The Kier molecular flexibility index (Phi) is 5.88. The van der Waals surface area contributed by atoms with Crippen LogP contribution in [0.1, 0.15) is 0 Å². The van der Waals surface area contributed by atoms with Gasteiger partial charge in [0.1, 0.15) is 10.6 Å². The molecule has 0 atom stereocenters. The number of thiophene rings is 1. The van der Waals surface area contributed by atoms with E-state index < -0.39 is 0 Å². The zero-order valence-electron chi connectivity index (χ0n) is 18.9. The van der Waals surface area contributed by atoms with E-state index in [0.717, 1.165) is 16.5 Å². The Labute approximate surface area is 214 Å².